The summed E-state index contributed by atoms with van der Waals surface area (Å²) >= 11 is 0. The molecule has 3 heterocycles. The topological polar surface area (TPSA) is 99.3 Å². The maximum atomic E-state index is 13.1. The van der Waals surface area contributed by atoms with Gasteiger partial charge in [0.25, 0.3) is 0 Å². The van der Waals surface area contributed by atoms with E-state index in [1.165, 1.54) is 12.1 Å². The molecule has 1 aromatic carbocycles. The number of rotatable bonds is 3. The third-order valence-electron chi connectivity index (χ3n) is 5.01. The molecule has 0 radical (unpaired) electrons. The fourth-order valence-corrected chi connectivity index (χ4v) is 3.42. The van der Waals surface area contributed by atoms with Gasteiger partial charge in [0.1, 0.15) is 5.82 Å². The summed E-state index contributed by atoms with van der Waals surface area (Å²) in [7, 11) is 0. The van der Waals surface area contributed by atoms with Crippen LogP contribution in [0.2, 0.25) is 0 Å². The van der Waals surface area contributed by atoms with Crippen molar-refractivity contribution in [2.45, 2.75) is 31.3 Å². The molecule has 0 bridgehead atoms. The molecule has 7 nitrogen and oxygen atoms in total. The quantitative estimate of drug-likeness (QED) is 0.622. The number of nitrogens with two attached hydrogens (primary N) is 1. The SMILES string of the molecule is NC1CCN(c2nc3c(c(Nc4cccc(C(F)(F)F)c4)n2)C(O)NC=C3)CC1. The van der Waals surface area contributed by atoms with Gasteiger partial charge in [-0.3, -0.25) is 0 Å². The van der Waals surface area contributed by atoms with E-state index in [0.717, 1.165) is 25.0 Å². The van der Waals surface area contributed by atoms with E-state index in [0.29, 0.717) is 30.3 Å². The first-order valence-electron chi connectivity index (χ1n) is 9.28. The Hall–Kier alpha value is -2.85. The third-order valence-corrected chi connectivity index (χ3v) is 5.01. The summed E-state index contributed by atoms with van der Waals surface area (Å²) in [4.78, 5) is 11.0. The lowest BCUT2D eigenvalue weighted by molar-refractivity contribution is -0.137. The number of benzene rings is 1. The van der Waals surface area contributed by atoms with E-state index in [-0.39, 0.29) is 17.5 Å². The van der Waals surface area contributed by atoms with E-state index in [1.807, 2.05) is 4.90 Å². The minimum atomic E-state index is -4.45. The van der Waals surface area contributed by atoms with Gasteiger partial charge in [-0.25, -0.2) is 4.98 Å². The first kappa shape index (κ1) is 19.5. The number of hydrogen-bond acceptors (Lipinski definition) is 7. The summed E-state index contributed by atoms with van der Waals surface area (Å²) in [5, 5.41) is 16.0. The van der Waals surface area contributed by atoms with Gasteiger partial charge in [0.05, 0.1) is 16.8 Å². The molecule has 0 spiro atoms. The molecule has 0 amide bonds. The Morgan fingerprint density at radius 2 is 1.97 bits per heavy atom. The number of aliphatic hydroxyl groups is 1. The van der Waals surface area contributed by atoms with Crippen molar-refractivity contribution >= 4 is 23.5 Å². The van der Waals surface area contributed by atoms with Gasteiger partial charge < -0.3 is 26.4 Å². The van der Waals surface area contributed by atoms with E-state index in [9.17, 15) is 18.3 Å². The van der Waals surface area contributed by atoms with E-state index in [4.69, 9.17) is 5.73 Å². The molecule has 2 aliphatic rings. The largest absolute Gasteiger partial charge is 0.416 e. The van der Waals surface area contributed by atoms with Gasteiger partial charge in [-0.2, -0.15) is 18.2 Å². The van der Waals surface area contributed by atoms with Crippen molar-refractivity contribution in [3.05, 3.63) is 47.3 Å². The zero-order valence-corrected chi connectivity index (χ0v) is 15.4. The number of hydrogen-bond donors (Lipinski definition) is 4. The molecule has 0 aliphatic carbocycles. The van der Waals surface area contributed by atoms with E-state index in [1.54, 1.807) is 12.3 Å². The van der Waals surface area contributed by atoms with Gasteiger partial charge in [0.2, 0.25) is 5.95 Å². The Kier molecular flexibility index (Phi) is 5.05. The molecule has 1 saturated heterocycles. The third kappa shape index (κ3) is 4.13. The monoisotopic (exact) mass is 406 g/mol. The summed E-state index contributed by atoms with van der Waals surface area (Å²) in [6, 6.07) is 4.98. The summed E-state index contributed by atoms with van der Waals surface area (Å²) in [5.74, 6) is 0.701. The number of alkyl halides is 3. The van der Waals surface area contributed by atoms with Crippen molar-refractivity contribution in [3.8, 4) is 0 Å². The predicted octanol–water partition coefficient (Wildman–Crippen LogP) is 2.73. The highest BCUT2D eigenvalue weighted by Gasteiger charge is 2.31. The van der Waals surface area contributed by atoms with Gasteiger partial charge in [0.15, 0.2) is 6.23 Å². The number of piperidine rings is 1. The van der Waals surface area contributed by atoms with E-state index >= 15 is 0 Å². The van der Waals surface area contributed by atoms with Crippen LogP contribution in [0.5, 0.6) is 0 Å². The van der Waals surface area contributed by atoms with Crippen LogP contribution in [0.15, 0.2) is 30.5 Å². The van der Waals surface area contributed by atoms with Crippen LogP contribution in [0.25, 0.3) is 6.08 Å². The molecule has 1 atom stereocenters. The molecular formula is C19H21F3N6O. The van der Waals surface area contributed by atoms with Gasteiger partial charge >= 0.3 is 6.18 Å². The van der Waals surface area contributed by atoms with Crippen LogP contribution in [0.3, 0.4) is 0 Å². The van der Waals surface area contributed by atoms with Gasteiger partial charge in [-0.15, -0.1) is 0 Å². The average molecular weight is 406 g/mol. The van der Waals surface area contributed by atoms with Crippen LogP contribution < -0.4 is 21.3 Å². The highest BCUT2D eigenvalue weighted by atomic mass is 19.4. The summed E-state index contributed by atoms with van der Waals surface area (Å²) in [5.41, 5.74) is 6.29. The first-order valence-corrected chi connectivity index (χ1v) is 9.28. The number of halogens is 3. The van der Waals surface area contributed by atoms with Crippen LogP contribution >= 0.6 is 0 Å². The van der Waals surface area contributed by atoms with E-state index < -0.39 is 18.0 Å². The average Bonchev–Trinajstić information content (AvgIpc) is 2.68. The van der Waals surface area contributed by atoms with Crippen LogP contribution in [0, 0.1) is 0 Å². The Morgan fingerprint density at radius 3 is 2.69 bits per heavy atom. The maximum Gasteiger partial charge on any atom is 0.416 e. The second kappa shape index (κ2) is 7.53. The Bertz CT molecular complexity index is 925. The number of aromatic nitrogens is 2. The molecule has 1 unspecified atom stereocenters. The Balaban J connectivity index is 1.72. The minimum absolute atomic E-state index is 0.137. The van der Waals surface area contributed by atoms with Gasteiger partial charge in [0, 0.05) is 31.0 Å². The molecule has 29 heavy (non-hydrogen) atoms. The molecule has 2 aromatic rings. The number of fused-ring (bicyclic) bond motifs is 1. The second-order valence-electron chi connectivity index (χ2n) is 7.10. The number of anilines is 3. The number of aliphatic hydroxyl groups excluding tert-OH is 1. The summed E-state index contributed by atoms with van der Waals surface area (Å²) < 4.78 is 39.2. The molecule has 0 saturated carbocycles. The summed E-state index contributed by atoms with van der Waals surface area (Å²) in [6.07, 6.45) is -0.658. The highest BCUT2D eigenvalue weighted by molar-refractivity contribution is 5.68. The number of nitrogens with zero attached hydrogens (tertiary/aromatic N) is 3. The molecule has 10 heteroatoms. The Morgan fingerprint density at radius 1 is 1.21 bits per heavy atom. The standard InChI is InChI=1S/C19H21F3N6O/c20-19(21,22)11-2-1-3-13(10-11)25-16-15-14(4-7-24-17(15)29)26-18(27-16)28-8-5-12(23)6-9-28/h1-4,7,10,12,17,24,29H,5-6,8-9,23H2,(H,25,26,27). The van der Waals surface area contributed by atoms with Crippen LogP contribution in [0.4, 0.5) is 30.6 Å². The van der Waals surface area contributed by atoms with Crippen LogP contribution in [0.1, 0.15) is 35.9 Å². The van der Waals surface area contributed by atoms with Gasteiger partial charge in [-0.1, -0.05) is 6.07 Å². The maximum absolute atomic E-state index is 13.1. The van der Waals surface area contributed by atoms with Crippen LogP contribution in [-0.4, -0.2) is 34.2 Å². The minimum Gasteiger partial charge on any atom is -0.369 e. The van der Waals surface area contributed by atoms with Crippen LogP contribution in [-0.2, 0) is 6.18 Å². The second-order valence-corrected chi connectivity index (χ2v) is 7.10. The van der Waals surface area contributed by atoms with Crippen molar-refractivity contribution in [2.75, 3.05) is 23.3 Å². The fraction of sp³-hybridized carbons (Fsp3) is 0.368. The number of nitrogens with one attached hydrogen (secondary N) is 2. The van der Waals surface area contributed by atoms with Crippen molar-refractivity contribution in [3.63, 3.8) is 0 Å². The van der Waals surface area contributed by atoms with Gasteiger partial charge in [-0.05, 0) is 37.1 Å². The molecular weight excluding hydrogens is 385 g/mol. The zero-order valence-electron chi connectivity index (χ0n) is 15.4. The lowest BCUT2D eigenvalue weighted by atomic mass is 10.1. The molecule has 4 rings (SSSR count). The fourth-order valence-electron chi connectivity index (χ4n) is 3.42. The zero-order chi connectivity index (χ0) is 20.6. The lowest BCUT2D eigenvalue weighted by Crippen LogP contribution is -2.40. The molecule has 1 aromatic heterocycles. The normalized spacial score (nSPS) is 19.6. The lowest BCUT2D eigenvalue weighted by Gasteiger charge is -2.31. The Labute approximate surface area is 165 Å². The van der Waals surface area contributed by atoms with Crippen molar-refractivity contribution in [1.29, 1.82) is 0 Å². The summed E-state index contributed by atoms with van der Waals surface area (Å²) in [6.45, 7) is 1.38. The van der Waals surface area contributed by atoms with Crippen molar-refractivity contribution in [1.82, 2.24) is 15.3 Å². The molecule has 2 aliphatic heterocycles. The molecule has 5 N–H and O–H groups in total. The van der Waals surface area contributed by atoms with E-state index in [2.05, 4.69) is 20.6 Å². The van der Waals surface area contributed by atoms with Crippen molar-refractivity contribution in [2.24, 2.45) is 5.73 Å². The molecule has 1 fully saturated rings. The first-order chi connectivity index (χ1) is 13.8. The predicted molar refractivity (Wildman–Crippen MR) is 103 cm³/mol. The van der Waals surface area contributed by atoms with Crippen molar-refractivity contribution < 1.29 is 18.3 Å². The molecule has 154 valence electrons. The smallest absolute Gasteiger partial charge is 0.369 e. The highest BCUT2D eigenvalue weighted by Crippen LogP contribution is 2.34.